The molecule has 7 heteroatoms. The summed E-state index contributed by atoms with van der Waals surface area (Å²) in [7, 11) is 1.53. The van der Waals surface area contributed by atoms with E-state index in [1.54, 1.807) is 6.07 Å². The first-order valence-corrected chi connectivity index (χ1v) is 6.24. The second-order valence-electron chi connectivity index (χ2n) is 4.39. The van der Waals surface area contributed by atoms with Crippen molar-refractivity contribution in [2.75, 3.05) is 12.8 Å². The highest BCUT2D eigenvalue weighted by Crippen LogP contribution is 2.27. The molecule has 0 aliphatic rings. The van der Waals surface area contributed by atoms with Gasteiger partial charge in [-0.15, -0.1) is 0 Å². The summed E-state index contributed by atoms with van der Waals surface area (Å²) in [5.74, 6) is 1.20. The molecule has 0 saturated heterocycles. The lowest BCUT2D eigenvalue weighted by Crippen LogP contribution is -1.93. The Balaban J connectivity index is 2.01. The third-order valence-electron chi connectivity index (χ3n) is 3.11. The van der Waals surface area contributed by atoms with Gasteiger partial charge in [0.1, 0.15) is 12.0 Å². The minimum atomic E-state index is 0.368. The van der Waals surface area contributed by atoms with E-state index in [0.29, 0.717) is 29.0 Å². The smallest absolute Gasteiger partial charge is 0.258 e. The summed E-state index contributed by atoms with van der Waals surface area (Å²) in [6.45, 7) is 1.91. The lowest BCUT2D eigenvalue weighted by molar-refractivity contribution is 0.397. The van der Waals surface area contributed by atoms with Crippen LogP contribution in [-0.2, 0) is 0 Å². The predicted molar refractivity (Wildman–Crippen MR) is 76.5 cm³/mol. The van der Waals surface area contributed by atoms with Crippen LogP contribution in [0.3, 0.4) is 0 Å². The Morgan fingerprint density at radius 2 is 2.10 bits per heavy atom. The molecule has 0 fully saturated rings. The largest absolute Gasteiger partial charge is 0.481 e. The first-order valence-electron chi connectivity index (χ1n) is 6.24. The van der Waals surface area contributed by atoms with Crippen LogP contribution in [0, 0.1) is 6.92 Å². The van der Waals surface area contributed by atoms with Gasteiger partial charge < -0.3 is 15.0 Å². The standard InChI is InChI=1S/C14H13N5O2/c1-8-9(4-3-5-10(8)15)14-18-13(19-21-14)11-6-12(20-2)17-7-16-11/h3-7H,15H2,1-2H3. The Labute approximate surface area is 120 Å². The van der Waals surface area contributed by atoms with Crippen LogP contribution in [0.25, 0.3) is 23.0 Å². The molecule has 2 aromatic heterocycles. The highest BCUT2D eigenvalue weighted by molar-refractivity contribution is 5.67. The van der Waals surface area contributed by atoms with Crippen molar-refractivity contribution in [1.29, 1.82) is 0 Å². The molecule has 21 heavy (non-hydrogen) atoms. The first-order chi connectivity index (χ1) is 10.2. The van der Waals surface area contributed by atoms with Crippen molar-refractivity contribution >= 4 is 5.69 Å². The van der Waals surface area contributed by atoms with E-state index >= 15 is 0 Å². The second-order valence-corrected chi connectivity index (χ2v) is 4.39. The highest BCUT2D eigenvalue weighted by atomic mass is 16.5. The van der Waals surface area contributed by atoms with E-state index in [2.05, 4.69) is 20.1 Å². The van der Waals surface area contributed by atoms with Crippen LogP contribution in [0.5, 0.6) is 5.88 Å². The van der Waals surface area contributed by atoms with E-state index < -0.39 is 0 Å². The summed E-state index contributed by atoms with van der Waals surface area (Å²) in [6, 6.07) is 7.19. The summed E-state index contributed by atoms with van der Waals surface area (Å²) >= 11 is 0. The molecule has 106 valence electrons. The Bertz CT molecular complexity index is 785. The third kappa shape index (κ3) is 2.40. The van der Waals surface area contributed by atoms with Crippen molar-refractivity contribution in [2.45, 2.75) is 6.92 Å². The average molecular weight is 283 g/mol. The lowest BCUT2D eigenvalue weighted by Gasteiger charge is -2.03. The molecule has 1 aromatic carbocycles. The van der Waals surface area contributed by atoms with Crippen molar-refractivity contribution < 1.29 is 9.26 Å². The van der Waals surface area contributed by atoms with Gasteiger partial charge in [-0.25, -0.2) is 9.97 Å². The summed E-state index contributed by atoms with van der Waals surface area (Å²) in [4.78, 5) is 12.4. The van der Waals surface area contributed by atoms with Crippen LogP contribution in [-0.4, -0.2) is 27.2 Å². The summed E-state index contributed by atoms with van der Waals surface area (Å²) in [5.41, 5.74) is 8.79. The number of nitrogens with two attached hydrogens (primary N) is 1. The Kier molecular flexibility index (Phi) is 3.23. The molecule has 3 rings (SSSR count). The second kappa shape index (κ2) is 5.20. The van der Waals surface area contributed by atoms with Crippen LogP contribution in [0.4, 0.5) is 5.69 Å². The number of methoxy groups -OCH3 is 1. The molecule has 0 amide bonds. The lowest BCUT2D eigenvalue weighted by atomic mass is 10.1. The minimum Gasteiger partial charge on any atom is -0.481 e. The highest BCUT2D eigenvalue weighted by Gasteiger charge is 2.15. The van der Waals surface area contributed by atoms with Gasteiger partial charge in [0.25, 0.3) is 5.89 Å². The van der Waals surface area contributed by atoms with Crippen LogP contribution in [0.15, 0.2) is 35.1 Å². The van der Waals surface area contributed by atoms with Crippen molar-refractivity contribution in [3.8, 4) is 28.9 Å². The topological polar surface area (TPSA) is 100.0 Å². The van der Waals surface area contributed by atoms with Gasteiger partial charge in [0.2, 0.25) is 11.7 Å². The van der Waals surface area contributed by atoms with Crippen molar-refractivity contribution in [3.63, 3.8) is 0 Å². The monoisotopic (exact) mass is 283 g/mol. The maximum atomic E-state index is 5.89. The maximum Gasteiger partial charge on any atom is 0.258 e. The van der Waals surface area contributed by atoms with E-state index in [4.69, 9.17) is 15.0 Å². The van der Waals surface area contributed by atoms with E-state index in [-0.39, 0.29) is 0 Å². The number of hydrogen-bond acceptors (Lipinski definition) is 7. The third-order valence-corrected chi connectivity index (χ3v) is 3.11. The number of aromatic nitrogens is 4. The van der Waals surface area contributed by atoms with Gasteiger partial charge in [-0.2, -0.15) is 4.98 Å². The van der Waals surface area contributed by atoms with E-state index in [0.717, 1.165) is 11.1 Å². The summed E-state index contributed by atoms with van der Waals surface area (Å²) in [6.07, 6.45) is 1.38. The fraction of sp³-hybridized carbons (Fsp3) is 0.143. The molecule has 2 N–H and O–H groups in total. The number of anilines is 1. The number of nitrogen functional groups attached to an aromatic ring is 1. The molecule has 7 nitrogen and oxygen atoms in total. The number of rotatable bonds is 3. The molecule has 0 atom stereocenters. The number of nitrogens with zero attached hydrogens (tertiary/aromatic N) is 4. The van der Waals surface area contributed by atoms with Crippen LogP contribution in [0.2, 0.25) is 0 Å². The van der Waals surface area contributed by atoms with Gasteiger partial charge >= 0.3 is 0 Å². The number of benzene rings is 1. The molecule has 0 saturated carbocycles. The molecule has 0 unspecified atom stereocenters. The first kappa shape index (κ1) is 13.0. The van der Waals surface area contributed by atoms with E-state index in [9.17, 15) is 0 Å². The van der Waals surface area contributed by atoms with Gasteiger partial charge in [-0.3, -0.25) is 0 Å². The molecule has 0 bridgehead atoms. The van der Waals surface area contributed by atoms with Crippen molar-refractivity contribution in [1.82, 2.24) is 20.1 Å². The molecule has 0 radical (unpaired) electrons. The molecular formula is C14H13N5O2. The van der Waals surface area contributed by atoms with Crippen LogP contribution >= 0.6 is 0 Å². The van der Waals surface area contributed by atoms with E-state index in [1.165, 1.54) is 13.4 Å². The molecule has 2 heterocycles. The fourth-order valence-corrected chi connectivity index (χ4v) is 1.90. The van der Waals surface area contributed by atoms with Crippen LogP contribution < -0.4 is 10.5 Å². The maximum absolute atomic E-state index is 5.89. The van der Waals surface area contributed by atoms with Gasteiger partial charge in [0.05, 0.1) is 7.11 Å². The Morgan fingerprint density at radius 1 is 1.24 bits per heavy atom. The zero-order chi connectivity index (χ0) is 14.8. The minimum absolute atomic E-state index is 0.368. The Morgan fingerprint density at radius 3 is 2.90 bits per heavy atom. The molecule has 0 aliphatic carbocycles. The zero-order valence-electron chi connectivity index (χ0n) is 11.6. The van der Waals surface area contributed by atoms with Gasteiger partial charge in [0.15, 0.2) is 0 Å². The molecule has 0 aliphatic heterocycles. The fourth-order valence-electron chi connectivity index (χ4n) is 1.90. The zero-order valence-corrected chi connectivity index (χ0v) is 11.6. The van der Waals surface area contributed by atoms with Crippen molar-refractivity contribution in [3.05, 3.63) is 36.2 Å². The van der Waals surface area contributed by atoms with Crippen molar-refractivity contribution in [2.24, 2.45) is 0 Å². The number of ether oxygens (including phenoxy) is 1. The van der Waals surface area contributed by atoms with E-state index in [1.807, 2.05) is 25.1 Å². The van der Waals surface area contributed by atoms with Gasteiger partial charge in [-0.1, -0.05) is 11.2 Å². The normalized spacial score (nSPS) is 10.6. The molecular weight excluding hydrogens is 270 g/mol. The summed E-state index contributed by atoms with van der Waals surface area (Å²) < 4.78 is 10.3. The predicted octanol–water partition coefficient (Wildman–Crippen LogP) is 2.09. The molecule has 0 spiro atoms. The summed E-state index contributed by atoms with van der Waals surface area (Å²) in [5, 5.41) is 3.94. The Hall–Kier alpha value is -2.96. The van der Waals surface area contributed by atoms with Gasteiger partial charge in [-0.05, 0) is 24.6 Å². The van der Waals surface area contributed by atoms with Crippen LogP contribution in [0.1, 0.15) is 5.56 Å². The molecule has 3 aromatic rings. The SMILES string of the molecule is COc1cc(-c2noc(-c3cccc(N)c3C)n2)ncn1. The van der Waals surface area contributed by atoms with Gasteiger partial charge in [0, 0.05) is 17.3 Å². The number of hydrogen-bond donors (Lipinski definition) is 1. The average Bonchev–Trinajstić information content (AvgIpc) is 3.00. The quantitative estimate of drug-likeness (QED) is 0.734.